The Morgan fingerprint density at radius 3 is 2.80 bits per heavy atom. The van der Waals surface area contributed by atoms with Crippen molar-refractivity contribution in [2.75, 3.05) is 18.5 Å². The summed E-state index contributed by atoms with van der Waals surface area (Å²) < 4.78 is 0. The molecule has 0 atom stereocenters. The molecule has 3 nitrogen and oxygen atoms in total. The summed E-state index contributed by atoms with van der Waals surface area (Å²) in [4.78, 5) is 4.13. The van der Waals surface area contributed by atoms with E-state index >= 15 is 0 Å². The van der Waals surface area contributed by atoms with Gasteiger partial charge in [-0.05, 0) is 25.0 Å². The highest BCUT2D eigenvalue weighted by Gasteiger charge is 1.98. The Labute approximate surface area is 95.5 Å². The lowest BCUT2D eigenvalue weighted by atomic mass is 10.2. The van der Waals surface area contributed by atoms with E-state index in [9.17, 15) is 0 Å². The highest BCUT2D eigenvalue weighted by Crippen LogP contribution is 2.17. The number of aromatic nitrogens is 1. The van der Waals surface area contributed by atoms with Crippen molar-refractivity contribution in [1.82, 2.24) is 4.98 Å². The van der Waals surface area contributed by atoms with Gasteiger partial charge in [-0.25, -0.2) is 4.98 Å². The van der Waals surface area contributed by atoms with Crippen LogP contribution in [0.25, 0.3) is 0 Å². The summed E-state index contributed by atoms with van der Waals surface area (Å²) in [7, 11) is 0. The van der Waals surface area contributed by atoms with Gasteiger partial charge in [-0.3, -0.25) is 0 Å². The van der Waals surface area contributed by atoms with E-state index in [0.29, 0.717) is 11.6 Å². The Kier molecular flexibility index (Phi) is 6.12. The van der Waals surface area contributed by atoms with Crippen LogP contribution in [0.3, 0.4) is 0 Å². The van der Waals surface area contributed by atoms with Crippen molar-refractivity contribution in [2.24, 2.45) is 0 Å². The Morgan fingerprint density at radius 1 is 1.27 bits per heavy atom. The molecule has 0 spiro atoms. The maximum atomic E-state index is 8.59. The zero-order valence-corrected chi connectivity index (χ0v) is 9.50. The van der Waals surface area contributed by atoms with Crippen molar-refractivity contribution in [2.45, 2.75) is 25.7 Å². The molecular weight excluding hydrogens is 212 g/mol. The number of aliphatic hydroxyl groups is 1. The van der Waals surface area contributed by atoms with Gasteiger partial charge in [0.1, 0.15) is 5.82 Å². The van der Waals surface area contributed by atoms with Crippen LogP contribution in [0.15, 0.2) is 18.3 Å². The molecule has 84 valence electrons. The molecule has 0 amide bonds. The van der Waals surface area contributed by atoms with Gasteiger partial charge in [0.05, 0.1) is 5.02 Å². The summed E-state index contributed by atoms with van der Waals surface area (Å²) >= 11 is 5.93. The molecule has 1 rings (SSSR count). The molecule has 0 aliphatic heterocycles. The topological polar surface area (TPSA) is 45.1 Å². The first-order valence-electron chi connectivity index (χ1n) is 5.30. The van der Waals surface area contributed by atoms with Crippen LogP contribution in [0.4, 0.5) is 5.82 Å². The quantitative estimate of drug-likeness (QED) is 0.706. The van der Waals surface area contributed by atoms with Gasteiger partial charge in [-0.2, -0.15) is 0 Å². The molecule has 15 heavy (non-hydrogen) atoms. The largest absolute Gasteiger partial charge is 0.396 e. The van der Waals surface area contributed by atoms with Crippen molar-refractivity contribution in [3.05, 3.63) is 23.4 Å². The normalized spacial score (nSPS) is 10.3. The third-order valence-corrected chi connectivity index (χ3v) is 2.44. The third-order valence-electron chi connectivity index (χ3n) is 2.14. The lowest BCUT2D eigenvalue weighted by Gasteiger charge is -2.06. The fraction of sp³-hybridized carbons (Fsp3) is 0.545. The van der Waals surface area contributed by atoms with Crippen LogP contribution in [-0.4, -0.2) is 23.2 Å². The molecule has 0 saturated heterocycles. The molecule has 0 aliphatic carbocycles. The second-order valence-electron chi connectivity index (χ2n) is 3.40. The predicted octanol–water partition coefficient (Wildman–Crippen LogP) is 2.70. The van der Waals surface area contributed by atoms with Crippen LogP contribution in [-0.2, 0) is 0 Å². The molecule has 0 fully saturated rings. The number of halogens is 1. The molecular formula is C11H17ClN2O. The lowest BCUT2D eigenvalue weighted by Crippen LogP contribution is -2.03. The van der Waals surface area contributed by atoms with Gasteiger partial charge in [0.15, 0.2) is 0 Å². The van der Waals surface area contributed by atoms with Crippen molar-refractivity contribution in [3.63, 3.8) is 0 Å². The Morgan fingerprint density at radius 2 is 2.07 bits per heavy atom. The van der Waals surface area contributed by atoms with Crippen LogP contribution < -0.4 is 5.32 Å². The monoisotopic (exact) mass is 228 g/mol. The smallest absolute Gasteiger partial charge is 0.144 e. The Bertz CT molecular complexity index is 281. The molecule has 4 heteroatoms. The summed E-state index contributed by atoms with van der Waals surface area (Å²) in [6.45, 7) is 1.17. The Balaban J connectivity index is 2.12. The second kappa shape index (κ2) is 7.49. The van der Waals surface area contributed by atoms with Crippen LogP contribution in [0.1, 0.15) is 25.7 Å². The number of pyridine rings is 1. The first-order valence-corrected chi connectivity index (χ1v) is 5.67. The average molecular weight is 229 g/mol. The fourth-order valence-corrected chi connectivity index (χ4v) is 1.50. The Hall–Kier alpha value is -0.800. The molecule has 0 saturated carbocycles. The van der Waals surface area contributed by atoms with Gasteiger partial charge in [0.25, 0.3) is 0 Å². The molecule has 0 unspecified atom stereocenters. The van der Waals surface area contributed by atoms with E-state index in [4.69, 9.17) is 16.7 Å². The van der Waals surface area contributed by atoms with Crippen LogP contribution in [0.5, 0.6) is 0 Å². The number of nitrogens with one attached hydrogen (secondary N) is 1. The molecule has 0 aromatic carbocycles. The molecule has 0 bridgehead atoms. The SMILES string of the molecule is OCCCCCCNc1ncccc1Cl. The van der Waals surface area contributed by atoms with Crippen molar-refractivity contribution in [3.8, 4) is 0 Å². The first-order chi connectivity index (χ1) is 7.34. The molecule has 2 N–H and O–H groups in total. The van der Waals surface area contributed by atoms with Gasteiger partial charge in [-0.1, -0.05) is 24.4 Å². The fourth-order valence-electron chi connectivity index (χ4n) is 1.31. The van der Waals surface area contributed by atoms with E-state index in [1.165, 1.54) is 0 Å². The number of hydrogen-bond acceptors (Lipinski definition) is 3. The first kappa shape index (κ1) is 12.3. The molecule has 1 heterocycles. The number of aliphatic hydroxyl groups excluding tert-OH is 1. The summed E-state index contributed by atoms with van der Waals surface area (Å²) in [5.41, 5.74) is 0. The summed E-state index contributed by atoms with van der Waals surface area (Å²) in [6.07, 6.45) is 5.89. The van der Waals surface area contributed by atoms with Crippen LogP contribution in [0, 0.1) is 0 Å². The summed E-state index contributed by atoms with van der Waals surface area (Å²) in [5, 5.41) is 12.4. The zero-order valence-electron chi connectivity index (χ0n) is 8.75. The number of nitrogens with zero attached hydrogens (tertiary/aromatic N) is 1. The number of anilines is 1. The minimum atomic E-state index is 0.291. The zero-order chi connectivity index (χ0) is 10.9. The molecule has 0 aliphatic rings. The minimum absolute atomic E-state index is 0.291. The summed E-state index contributed by atoms with van der Waals surface area (Å²) in [6, 6.07) is 3.64. The third kappa shape index (κ3) is 5.00. The van der Waals surface area contributed by atoms with Gasteiger partial charge < -0.3 is 10.4 Å². The van der Waals surface area contributed by atoms with Gasteiger partial charge in [0, 0.05) is 19.3 Å². The number of rotatable bonds is 7. The highest BCUT2D eigenvalue weighted by atomic mass is 35.5. The van der Waals surface area contributed by atoms with E-state index in [-0.39, 0.29) is 0 Å². The summed E-state index contributed by atoms with van der Waals surface area (Å²) in [5.74, 6) is 0.751. The number of unbranched alkanes of at least 4 members (excludes halogenated alkanes) is 3. The van der Waals surface area contributed by atoms with Crippen molar-refractivity contribution >= 4 is 17.4 Å². The highest BCUT2D eigenvalue weighted by molar-refractivity contribution is 6.32. The van der Waals surface area contributed by atoms with Crippen molar-refractivity contribution in [1.29, 1.82) is 0 Å². The van der Waals surface area contributed by atoms with Crippen LogP contribution in [0.2, 0.25) is 5.02 Å². The van der Waals surface area contributed by atoms with Gasteiger partial charge in [-0.15, -0.1) is 0 Å². The molecule has 0 radical (unpaired) electrons. The van der Waals surface area contributed by atoms with Gasteiger partial charge >= 0.3 is 0 Å². The van der Waals surface area contributed by atoms with Crippen LogP contribution >= 0.6 is 11.6 Å². The minimum Gasteiger partial charge on any atom is -0.396 e. The van der Waals surface area contributed by atoms with E-state index in [1.54, 1.807) is 6.20 Å². The number of hydrogen-bond donors (Lipinski definition) is 2. The predicted molar refractivity (Wildman–Crippen MR) is 63.3 cm³/mol. The lowest BCUT2D eigenvalue weighted by molar-refractivity contribution is 0.283. The standard InChI is InChI=1S/C11H17ClN2O/c12-10-6-5-8-14-11(10)13-7-3-1-2-4-9-15/h5-6,8,15H,1-4,7,9H2,(H,13,14). The average Bonchev–Trinajstić information content (AvgIpc) is 2.25. The maximum absolute atomic E-state index is 8.59. The van der Waals surface area contributed by atoms with E-state index in [2.05, 4.69) is 10.3 Å². The van der Waals surface area contributed by atoms with Crippen molar-refractivity contribution < 1.29 is 5.11 Å². The second-order valence-corrected chi connectivity index (χ2v) is 3.81. The van der Waals surface area contributed by atoms with E-state index < -0.39 is 0 Å². The van der Waals surface area contributed by atoms with E-state index in [1.807, 2.05) is 12.1 Å². The molecule has 1 aromatic rings. The molecule has 1 aromatic heterocycles. The van der Waals surface area contributed by atoms with Gasteiger partial charge in [0.2, 0.25) is 0 Å². The van der Waals surface area contributed by atoms with E-state index in [0.717, 1.165) is 38.0 Å². The maximum Gasteiger partial charge on any atom is 0.144 e.